The lowest BCUT2D eigenvalue weighted by molar-refractivity contribution is 0.596. The maximum atomic E-state index is 5.36. The number of hydrogen-bond donors (Lipinski definition) is 3. The van der Waals surface area contributed by atoms with Crippen molar-refractivity contribution in [1.82, 2.24) is 10.9 Å². The van der Waals surface area contributed by atoms with Gasteiger partial charge in [-0.1, -0.05) is 48.5 Å². The van der Waals surface area contributed by atoms with Gasteiger partial charge in [0.05, 0.1) is 0 Å². The van der Waals surface area contributed by atoms with Gasteiger partial charge >= 0.3 is 0 Å². The van der Waals surface area contributed by atoms with Crippen molar-refractivity contribution in [2.75, 3.05) is 12.8 Å². The number of nitrogen functional groups attached to an aromatic ring is 1. The molecule has 0 radical (unpaired) electrons. The van der Waals surface area contributed by atoms with Gasteiger partial charge < -0.3 is 5.73 Å². The van der Waals surface area contributed by atoms with E-state index < -0.39 is 0 Å². The fourth-order valence-corrected chi connectivity index (χ4v) is 1.24. The molecular formula is C14H19N3. The van der Waals surface area contributed by atoms with Crippen molar-refractivity contribution in [2.45, 2.75) is 6.54 Å². The lowest BCUT2D eigenvalue weighted by atomic mass is 10.2. The molecule has 0 aliphatic carbocycles. The third kappa shape index (κ3) is 6.35. The van der Waals surface area contributed by atoms with Crippen molar-refractivity contribution < 1.29 is 0 Å². The zero-order chi connectivity index (χ0) is 12.3. The van der Waals surface area contributed by atoms with Crippen LogP contribution in [0.2, 0.25) is 0 Å². The second-order valence-corrected chi connectivity index (χ2v) is 3.50. The molecule has 17 heavy (non-hydrogen) atoms. The van der Waals surface area contributed by atoms with Gasteiger partial charge in [0.1, 0.15) is 0 Å². The molecule has 2 aromatic carbocycles. The molecule has 0 fully saturated rings. The van der Waals surface area contributed by atoms with Crippen LogP contribution < -0.4 is 16.6 Å². The molecule has 4 N–H and O–H groups in total. The number of hydrazine groups is 1. The van der Waals surface area contributed by atoms with Crippen LogP contribution in [0.25, 0.3) is 0 Å². The Labute approximate surface area is 103 Å². The van der Waals surface area contributed by atoms with Crippen LogP contribution in [-0.4, -0.2) is 7.05 Å². The number of rotatable bonds is 3. The molecule has 0 heterocycles. The Kier molecular flexibility index (Phi) is 6.48. The fraction of sp³-hybridized carbons (Fsp3) is 0.143. The van der Waals surface area contributed by atoms with Gasteiger partial charge in [-0.05, 0) is 24.7 Å². The maximum Gasteiger partial charge on any atom is 0.0350 e. The average molecular weight is 229 g/mol. The van der Waals surface area contributed by atoms with E-state index in [4.69, 9.17) is 5.73 Å². The minimum atomic E-state index is 0.822. The van der Waals surface area contributed by atoms with E-state index in [2.05, 4.69) is 23.0 Å². The SMILES string of the molecule is CNNCc1ccccc1.Nc1ccccc1. The Morgan fingerprint density at radius 1 is 0.882 bits per heavy atom. The Hall–Kier alpha value is -1.84. The summed E-state index contributed by atoms with van der Waals surface area (Å²) in [5.74, 6) is 0. The van der Waals surface area contributed by atoms with Crippen LogP contribution in [0, 0.1) is 0 Å². The van der Waals surface area contributed by atoms with Crippen LogP contribution in [0.4, 0.5) is 5.69 Å². The summed E-state index contributed by atoms with van der Waals surface area (Å²) >= 11 is 0. The molecule has 0 spiro atoms. The summed E-state index contributed by atoms with van der Waals surface area (Å²) in [7, 11) is 1.86. The van der Waals surface area contributed by atoms with Crippen LogP contribution in [0.15, 0.2) is 60.7 Å². The van der Waals surface area contributed by atoms with Crippen molar-refractivity contribution in [3.8, 4) is 0 Å². The molecule has 0 unspecified atom stereocenters. The van der Waals surface area contributed by atoms with Crippen molar-refractivity contribution in [3.05, 3.63) is 66.2 Å². The van der Waals surface area contributed by atoms with E-state index in [1.54, 1.807) is 0 Å². The predicted octanol–water partition coefficient (Wildman–Crippen LogP) is 2.18. The number of nitrogens with two attached hydrogens (primary N) is 1. The number of benzene rings is 2. The molecule has 0 saturated carbocycles. The third-order valence-electron chi connectivity index (χ3n) is 2.11. The van der Waals surface area contributed by atoms with Gasteiger partial charge in [-0.3, -0.25) is 10.9 Å². The largest absolute Gasteiger partial charge is 0.399 e. The standard InChI is InChI=1S/C8H12N2.C6H7N/c1-9-10-7-8-5-3-2-4-6-8;7-6-4-2-1-3-5-6/h2-6,9-10H,7H2,1H3;1-5H,7H2. The molecule has 0 bridgehead atoms. The monoisotopic (exact) mass is 229 g/mol. The Morgan fingerprint density at radius 3 is 1.82 bits per heavy atom. The average Bonchev–Trinajstić information content (AvgIpc) is 2.39. The minimum absolute atomic E-state index is 0.822. The summed E-state index contributed by atoms with van der Waals surface area (Å²) in [6, 6.07) is 19.7. The minimum Gasteiger partial charge on any atom is -0.399 e. The van der Waals surface area contributed by atoms with Gasteiger partial charge in [-0.2, -0.15) is 0 Å². The van der Waals surface area contributed by atoms with Gasteiger partial charge in [0.15, 0.2) is 0 Å². The quantitative estimate of drug-likeness (QED) is 0.558. The van der Waals surface area contributed by atoms with Crippen molar-refractivity contribution in [2.24, 2.45) is 0 Å². The normalized spacial score (nSPS) is 9.24. The van der Waals surface area contributed by atoms with Gasteiger partial charge in [0, 0.05) is 12.2 Å². The molecule has 0 atom stereocenters. The summed E-state index contributed by atoms with van der Waals surface area (Å²) in [6.07, 6.45) is 0. The van der Waals surface area contributed by atoms with Gasteiger partial charge in [-0.15, -0.1) is 0 Å². The number of para-hydroxylation sites is 1. The van der Waals surface area contributed by atoms with Gasteiger partial charge in [0.2, 0.25) is 0 Å². The zero-order valence-corrected chi connectivity index (χ0v) is 10.1. The van der Waals surface area contributed by atoms with E-state index in [-0.39, 0.29) is 0 Å². The summed E-state index contributed by atoms with van der Waals surface area (Å²) in [6.45, 7) is 0.872. The molecule has 0 aliphatic heterocycles. The van der Waals surface area contributed by atoms with Gasteiger partial charge in [0.25, 0.3) is 0 Å². The van der Waals surface area contributed by atoms with E-state index in [0.717, 1.165) is 12.2 Å². The highest BCUT2D eigenvalue weighted by Crippen LogP contribution is 1.96. The molecule has 2 rings (SSSR count). The second-order valence-electron chi connectivity index (χ2n) is 3.50. The number of nitrogens with one attached hydrogen (secondary N) is 2. The van der Waals surface area contributed by atoms with E-state index in [1.807, 2.05) is 55.6 Å². The smallest absolute Gasteiger partial charge is 0.0350 e. The maximum absolute atomic E-state index is 5.36. The van der Waals surface area contributed by atoms with Crippen molar-refractivity contribution >= 4 is 5.69 Å². The first-order chi connectivity index (χ1) is 8.33. The number of hydrogen-bond acceptors (Lipinski definition) is 3. The van der Waals surface area contributed by atoms with E-state index in [1.165, 1.54) is 5.56 Å². The van der Waals surface area contributed by atoms with E-state index in [0.29, 0.717) is 0 Å². The Morgan fingerprint density at radius 2 is 1.41 bits per heavy atom. The topological polar surface area (TPSA) is 50.1 Å². The molecule has 0 aromatic heterocycles. The lowest BCUT2D eigenvalue weighted by Gasteiger charge is -2.00. The van der Waals surface area contributed by atoms with Crippen molar-refractivity contribution in [3.63, 3.8) is 0 Å². The summed E-state index contributed by atoms with van der Waals surface area (Å²) in [4.78, 5) is 0. The van der Waals surface area contributed by atoms with E-state index >= 15 is 0 Å². The van der Waals surface area contributed by atoms with Crippen LogP contribution >= 0.6 is 0 Å². The van der Waals surface area contributed by atoms with Crippen LogP contribution in [0.5, 0.6) is 0 Å². The van der Waals surface area contributed by atoms with Crippen LogP contribution in [0.3, 0.4) is 0 Å². The third-order valence-corrected chi connectivity index (χ3v) is 2.11. The fourth-order valence-electron chi connectivity index (χ4n) is 1.24. The Balaban J connectivity index is 0.000000181. The molecule has 0 aliphatic rings. The molecule has 0 saturated heterocycles. The first-order valence-electron chi connectivity index (χ1n) is 5.57. The molecule has 0 amide bonds. The molecule has 3 heteroatoms. The zero-order valence-electron chi connectivity index (χ0n) is 10.1. The molecular weight excluding hydrogens is 210 g/mol. The van der Waals surface area contributed by atoms with Crippen LogP contribution in [-0.2, 0) is 6.54 Å². The van der Waals surface area contributed by atoms with Crippen LogP contribution in [0.1, 0.15) is 5.56 Å². The summed E-state index contributed by atoms with van der Waals surface area (Å²) in [5.41, 5.74) is 13.3. The highest BCUT2D eigenvalue weighted by Gasteiger charge is 1.85. The van der Waals surface area contributed by atoms with Gasteiger partial charge in [-0.25, -0.2) is 0 Å². The highest BCUT2D eigenvalue weighted by atomic mass is 15.3. The predicted molar refractivity (Wildman–Crippen MR) is 73.2 cm³/mol. The Bertz CT molecular complexity index is 387. The molecule has 2 aromatic rings. The summed E-state index contributed by atoms with van der Waals surface area (Å²) in [5, 5.41) is 0. The first kappa shape index (κ1) is 13.2. The highest BCUT2D eigenvalue weighted by molar-refractivity contribution is 5.35. The molecule has 3 nitrogen and oxygen atoms in total. The first-order valence-corrected chi connectivity index (χ1v) is 5.57. The van der Waals surface area contributed by atoms with E-state index in [9.17, 15) is 0 Å². The number of anilines is 1. The summed E-state index contributed by atoms with van der Waals surface area (Å²) < 4.78 is 0. The molecule has 90 valence electrons. The lowest BCUT2D eigenvalue weighted by Crippen LogP contribution is -2.26. The second kappa shape index (κ2) is 8.33. The van der Waals surface area contributed by atoms with Crippen molar-refractivity contribution in [1.29, 1.82) is 0 Å².